The van der Waals surface area contributed by atoms with Gasteiger partial charge in [-0.2, -0.15) is 0 Å². The van der Waals surface area contributed by atoms with Crippen LogP contribution >= 0.6 is 0 Å². The van der Waals surface area contributed by atoms with Gasteiger partial charge in [0, 0.05) is 18.0 Å². The molecule has 1 N–H and O–H groups in total. The monoisotopic (exact) mass is 586 g/mol. The maximum absolute atomic E-state index is 14.4. The highest BCUT2D eigenvalue weighted by atomic mass is 16.7. The summed E-state index contributed by atoms with van der Waals surface area (Å²) in [6, 6.07) is 10.1. The van der Waals surface area contributed by atoms with Crippen LogP contribution in [0.3, 0.4) is 0 Å². The lowest BCUT2D eigenvalue weighted by molar-refractivity contribution is -0.171. The summed E-state index contributed by atoms with van der Waals surface area (Å²) in [7, 11) is 0. The van der Waals surface area contributed by atoms with Gasteiger partial charge in [0.05, 0.1) is 11.1 Å². The summed E-state index contributed by atoms with van der Waals surface area (Å²) in [4.78, 5) is 31.1. The fourth-order valence-corrected chi connectivity index (χ4v) is 11.8. The molecule has 4 fully saturated rings. The van der Waals surface area contributed by atoms with Gasteiger partial charge >= 0.3 is 5.97 Å². The molecule has 1 aromatic carbocycles. The standard InChI is InChI=1S/C38H54N2O3/c1-24-16-21-38(33(42)39-27-12-10-9-11-13-27)23-22-36(7)28(32(38)25(24)2)14-15-30-35(6)19-18-31(40-43-26(3)41)34(4,5)29(35)17-20-37(30,36)8/h9-14,24-25,29-30,32H,15-23H2,1-8H3,(H,39,42)/b40-31+/t24-,25+,29+,30-,32+,35+,36-,37-,38+/m1/s1. The Balaban J connectivity index is 1.38. The van der Waals surface area contributed by atoms with Crippen molar-refractivity contribution in [3.63, 3.8) is 0 Å². The predicted octanol–water partition coefficient (Wildman–Crippen LogP) is 9.20. The van der Waals surface area contributed by atoms with Crippen LogP contribution in [-0.4, -0.2) is 17.6 Å². The Hall–Kier alpha value is -2.43. The Labute approximate surface area is 259 Å². The van der Waals surface area contributed by atoms with Crippen LogP contribution in [0.2, 0.25) is 0 Å². The van der Waals surface area contributed by atoms with Crippen molar-refractivity contribution < 1.29 is 14.4 Å². The van der Waals surface area contributed by atoms with Crippen molar-refractivity contribution in [2.45, 2.75) is 113 Å². The number of amides is 1. The Kier molecular flexibility index (Phi) is 7.33. The molecular weight excluding hydrogens is 532 g/mol. The minimum atomic E-state index is -0.345. The summed E-state index contributed by atoms with van der Waals surface area (Å²) >= 11 is 0. The van der Waals surface area contributed by atoms with Crippen LogP contribution in [0, 0.1) is 56.7 Å². The molecule has 5 aliphatic rings. The molecular formula is C38H54N2O3. The summed E-state index contributed by atoms with van der Waals surface area (Å²) in [5.74, 6) is 2.33. The zero-order chi connectivity index (χ0) is 31.0. The number of para-hydroxylation sites is 1. The normalized spacial score (nSPS) is 44.1. The first-order chi connectivity index (χ1) is 20.2. The highest BCUT2D eigenvalue weighted by Crippen LogP contribution is 2.75. The lowest BCUT2D eigenvalue weighted by Crippen LogP contribution is -2.65. The molecule has 1 aromatic rings. The van der Waals surface area contributed by atoms with Gasteiger partial charge in [-0.15, -0.1) is 0 Å². The first-order valence-corrected chi connectivity index (χ1v) is 17.0. The second kappa shape index (κ2) is 10.3. The number of hydrogen-bond donors (Lipinski definition) is 1. The van der Waals surface area contributed by atoms with Crippen molar-refractivity contribution in [3.05, 3.63) is 42.0 Å². The maximum Gasteiger partial charge on any atom is 0.331 e. The highest BCUT2D eigenvalue weighted by molar-refractivity contribution is 5.96. The first-order valence-electron chi connectivity index (χ1n) is 17.0. The van der Waals surface area contributed by atoms with Gasteiger partial charge in [-0.05, 0) is 116 Å². The molecule has 0 bridgehead atoms. The summed E-state index contributed by atoms with van der Waals surface area (Å²) in [5, 5.41) is 7.77. The van der Waals surface area contributed by atoms with E-state index in [0.29, 0.717) is 23.7 Å². The number of fused-ring (bicyclic) bond motifs is 7. The number of nitrogens with one attached hydrogen (secondary N) is 1. The average Bonchev–Trinajstić information content (AvgIpc) is 2.95. The Morgan fingerprint density at radius 2 is 1.63 bits per heavy atom. The van der Waals surface area contributed by atoms with E-state index in [1.807, 2.05) is 30.3 Å². The Bertz CT molecular complexity index is 1350. The molecule has 0 spiro atoms. The van der Waals surface area contributed by atoms with E-state index in [1.54, 1.807) is 5.57 Å². The van der Waals surface area contributed by atoms with E-state index in [-0.39, 0.29) is 44.9 Å². The average molecular weight is 587 g/mol. The molecule has 6 rings (SSSR count). The van der Waals surface area contributed by atoms with Gasteiger partial charge in [0.15, 0.2) is 0 Å². The van der Waals surface area contributed by atoms with E-state index >= 15 is 0 Å². The Morgan fingerprint density at radius 3 is 2.33 bits per heavy atom. The van der Waals surface area contributed by atoms with E-state index in [1.165, 1.54) is 13.3 Å². The number of benzene rings is 1. The molecule has 5 nitrogen and oxygen atoms in total. The number of rotatable bonds is 3. The van der Waals surface area contributed by atoms with Gasteiger partial charge in [0.2, 0.25) is 5.91 Å². The molecule has 0 aliphatic heterocycles. The molecule has 0 unspecified atom stereocenters. The van der Waals surface area contributed by atoms with Gasteiger partial charge in [-0.1, -0.05) is 83.5 Å². The number of carbonyl (C=O) groups excluding carboxylic acids is 2. The van der Waals surface area contributed by atoms with Crippen LogP contribution in [0.25, 0.3) is 0 Å². The first kappa shape index (κ1) is 30.6. The molecule has 5 aliphatic carbocycles. The van der Waals surface area contributed by atoms with E-state index in [4.69, 9.17) is 4.84 Å². The zero-order valence-electron chi connectivity index (χ0n) is 27.9. The van der Waals surface area contributed by atoms with Gasteiger partial charge in [0.25, 0.3) is 0 Å². The summed E-state index contributed by atoms with van der Waals surface area (Å²) in [6.45, 7) is 18.7. The van der Waals surface area contributed by atoms with E-state index in [2.05, 4.69) is 65.0 Å². The number of nitrogens with zero attached hydrogens (tertiary/aromatic N) is 1. The molecule has 4 saturated carbocycles. The fourth-order valence-electron chi connectivity index (χ4n) is 11.8. The maximum atomic E-state index is 14.4. The minimum Gasteiger partial charge on any atom is -0.326 e. The van der Waals surface area contributed by atoms with Gasteiger partial charge < -0.3 is 10.2 Å². The molecule has 234 valence electrons. The van der Waals surface area contributed by atoms with Crippen LogP contribution < -0.4 is 5.32 Å². The van der Waals surface area contributed by atoms with E-state index < -0.39 is 0 Å². The number of allylic oxidation sites excluding steroid dienone is 2. The third-order valence-corrected chi connectivity index (χ3v) is 14.5. The molecule has 5 heteroatoms. The lowest BCUT2D eigenvalue weighted by Gasteiger charge is -2.71. The highest BCUT2D eigenvalue weighted by Gasteiger charge is 2.69. The quantitative estimate of drug-likeness (QED) is 0.218. The second-order valence-corrected chi connectivity index (χ2v) is 16.5. The lowest BCUT2D eigenvalue weighted by atomic mass is 9.33. The topological polar surface area (TPSA) is 67.8 Å². The summed E-state index contributed by atoms with van der Waals surface area (Å²) < 4.78 is 0. The molecule has 0 radical (unpaired) electrons. The largest absolute Gasteiger partial charge is 0.331 e. The van der Waals surface area contributed by atoms with Gasteiger partial charge in [-0.25, -0.2) is 4.79 Å². The molecule has 0 heterocycles. The molecule has 0 saturated heterocycles. The van der Waals surface area contributed by atoms with Crippen molar-refractivity contribution in [1.82, 2.24) is 0 Å². The smallest absolute Gasteiger partial charge is 0.326 e. The number of hydrogen-bond acceptors (Lipinski definition) is 4. The third kappa shape index (κ3) is 4.33. The zero-order valence-corrected chi connectivity index (χ0v) is 27.9. The van der Waals surface area contributed by atoms with Crippen molar-refractivity contribution in [2.75, 3.05) is 5.32 Å². The second-order valence-electron chi connectivity index (χ2n) is 16.5. The van der Waals surface area contributed by atoms with Crippen molar-refractivity contribution in [1.29, 1.82) is 0 Å². The Morgan fingerprint density at radius 1 is 0.907 bits per heavy atom. The number of carbonyl (C=O) groups is 2. The van der Waals surface area contributed by atoms with Crippen molar-refractivity contribution >= 4 is 23.3 Å². The number of anilines is 1. The van der Waals surface area contributed by atoms with Crippen molar-refractivity contribution in [3.8, 4) is 0 Å². The van der Waals surface area contributed by atoms with Crippen LogP contribution in [0.1, 0.15) is 113 Å². The number of oxime groups is 1. The molecule has 1 amide bonds. The van der Waals surface area contributed by atoms with E-state index in [0.717, 1.165) is 62.8 Å². The molecule has 43 heavy (non-hydrogen) atoms. The van der Waals surface area contributed by atoms with Crippen LogP contribution in [-0.2, 0) is 14.4 Å². The van der Waals surface area contributed by atoms with Crippen LogP contribution in [0.4, 0.5) is 5.69 Å². The summed E-state index contributed by atoms with van der Waals surface area (Å²) in [5.41, 5.74) is 3.54. The van der Waals surface area contributed by atoms with Gasteiger partial charge in [-0.3, -0.25) is 4.79 Å². The van der Waals surface area contributed by atoms with E-state index in [9.17, 15) is 9.59 Å². The van der Waals surface area contributed by atoms with Gasteiger partial charge in [0.1, 0.15) is 0 Å². The minimum absolute atomic E-state index is 0.0761. The molecule has 0 aromatic heterocycles. The van der Waals surface area contributed by atoms with Crippen LogP contribution in [0.5, 0.6) is 0 Å². The predicted molar refractivity (Wildman–Crippen MR) is 173 cm³/mol. The third-order valence-electron chi connectivity index (χ3n) is 14.5. The SMILES string of the molecule is CC(=O)O/N=C1\CC[C@]2(C)[C@H]3CC=C4[C@@H]5[C@@H](C)[C@H](C)CC[C@]5(C(=O)Nc5ccccc5)CC[C@@]4(C)[C@]3(C)CC[C@H]2C1(C)C. The summed E-state index contributed by atoms with van der Waals surface area (Å²) in [6.07, 6.45) is 12.2. The fraction of sp³-hybridized carbons (Fsp3) is 0.711. The molecule has 9 atom stereocenters. The van der Waals surface area contributed by atoms with Crippen molar-refractivity contribution in [2.24, 2.45) is 61.8 Å². The van der Waals surface area contributed by atoms with Crippen LogP contribution in [0.15, 0.2) is 47.1 Å².